The van der Waals surface area contributed by atoms with Crippen LogP contribution < -0.4 is 10.6 Å². The highest BCUT2D eigenvalue weighted by atomic mass is 16.5. The minimum atomic E-state index is -0.121. The normalized spacial score (nSPS) is 22.8. The molecule has 3 aliphatic rings. The van der Waals surface area contributed by atoms with E-state index >= 15 is 0 Å². The van der Waals surface area contributed by atoms with Gasteiger partial charge in [-0.05, 0) is 64.5 Å². The summed E-state index contributed by atoms with van der Waals surface area (Å²) in [6.07, 6.45) is 7.92. The van der Waals surface area contributed by atoms with Crippen LogP contribution in [0.25, 0.3) is 22.2 Å². The highest BCUT2D eigenvalue weighted by Crippen LogP contribution is 2.33. The Kier molecular flexibility index (Phi) is 7.09. The van der Waals surface area contributed by atoms with Crippen molar-refractivity contribution in [3.63, 3.8) is 0 Å². The van der Waals surface area contributed by atoms with Crippen LogP contribution >= 0.6 is 0 Å². The maximum atomic E-state index is 13.5. The van der Waals surface area contributed by atoms with E-state index in [1.165, 1.54) is 0 Å². The lowest BCUT2D eigenvalue weighted by Gasteiger charge is -2.37. The summed E-state index contributed by atoms with van der Waals surface area (Å²) in [5.74, 6) is 1.20. The molecule has 5 heterocycles. The minimum absolute atomic E-state index is 0.0752. The van der Waals surface area contributed by atoms with E-state index in [2.05, 4.69) is 42.6 Å². The number of aromatic nitrogens is 3. The molecule has 39 heavy (non-hydrogen) atoms. The van der Waals surface area contributed by atoms with Gasteiger partial charge in [-0.3, -0.25) is 14.7 Å². The molecule has 2 atom stereocenters. The molecule has 0 saturated carbocycles. The van der Waals surface area contributed by atoms with E-state index in [-0.39, 0.29) is 18.0 Å². The Morgan fingerprint density at radius 2 is 1.97 bits per heavy atom. The van der Waals surface area contributed by atoms with Crippen molar-refractivity contribution < 1.29 is 9.53 Å². The van der Waals surface area contributed by atoms with E-state index in [1.54, 1.807) is 13.3 Å². The largest absolute Gasteiger partial charge is 0.482 e. The van der Waals surface area contributed by atoms with Gasteiger partial charge in [0.2, 0.25) is 17.8 Å². The lowest BCUT2D eigenvalue weighted by molar-refractivity contribution is -0.121. The zero-order valence-electron chi connectivity index (χ0n) is 22.9. The fraction of sp³-hybridized carbons (Fsp3) is 0.500. The molecule has 3 aromatic rings. The summed E-state index contributed by atoms with van der Waals surface area (Å²) in [7, 11) is 5.69. The number of piperidine rings is 1. The summed E-state index contributed by atoms with van der Waals surface area (Å²) in [5, 5.41) is 13.8. The number of carbonyl (C=O) groups excluding carboxylic acids is 1. The summed E-state index contributed by atoms with van der Waals surface area (Å²) >= 11 is 0. The van der Waals surface area contributed by atoms with Gasteiger partial charge in [0.25, 0.3) is 0 Å². The molecule has 0 aliphatic carbocycles. The van der Waals surface area contributed by atoms with Crippen LogP contribution in [0.1, 0.15) is 25.7 Å². The first-order valence-electron chi connectivity index (χ1n) is 13.8. The Labute approximate surface area is 228 Å². The first-order chi connectivity index (χ1) is 19.0. The predicted molar refractivity (Wildman–Crippen MR) is 153 cm³/mol. The third-order valence-electron chi connectivity index (χ3n) is 8.19. The SMILES string of the molecule is COC1=NN(C)CC1Nc1nccc(-c2c[nH]c3c(NC(=O)[C@H]4CCCN4C4CCN(C)CC4)cccc23)n1. The van der Waals surface area contributed by atoms with Gasteiger partial charge < -0.3 is 25.3 Å². The zero-order valence-corrected chi connectivity index (χ0v) is 22.9. The van der Waals surface area contributed by atoms with E-state index in [4.69, 9.17) is 9.72 Å². The zero-order chi connectivity index (χ0) is 26.9. The quantitative estimate of drug-likeness (QED) is 0.445. The third kappa shape index (κ3) is 5.16. The Balaban J connectivity index is 1.20. The summed E-state index contributed by atoms with van der Waals surface area (Å²) in [5.41, 5.74) is 3.42. The number of methoxy groups -OCH3 is 1. The van der Waals surface area contributed by atoms with Crippen LogP contribution in [0.4, 0.5) is 11.6 Å². The average molecular weight is 532 g/mol. The molecule has 11 heteroatoms. The van der Waals surface area contributed by atoms with Crippen molar-refractivity contribution in [3.05, 3.63) is 36.7 Å². The maximum Gasteiger partial charge on any atom is 0.241 e. The topological polar surface area (TPSA) is 114 Å². The average Bonchev–Trinajstić information content (AvgIpc) is 3.68. The lowest BCUT2D eigenvalue weighted by Crippen LogP contribution is -2.49. The summed E-state index contributed by atoms with van der Waals surface area (Å²) < 4.78 is 5.40. The predicted octanol–water partition coefficient (Wildman–Crippen LogP) is 2.81. The molecule has 3 N–H and O–H groups in total. The van der Waals surface area contributed by atoms with Crippen LogP contribution in [0, 0.1) is 0 Å². The number of amides is 1. The second-order valence-electron chi connectivity index (χ2n) is 10.8. The molecule has 0 bridgehead atoms. The highest BCUT2D eigenvalue weighted by molar-refractivity contribution is 6.06. The van der Waals surface area contributed by atoms with E-state index < -0.39 is 0 Å². The Morgan fingerprint density at radius 3 is 2.79 bits per heavy atom. The molecule has 206 valence electrons. The molecule has 3 aliphatic heterocycles. The first kappa shape index (κ1) is 25.6. The Morgan fingerprint density at radius 1 is 1.13 bits per heavy atom. The van der Waals surface area contributed by atoms with Crippen molar-refractivity contribution in [3.8, 4) is 11.3 Å². The molecule has 1 aromatic carbocycles. The van der Waals surface area contributed by atoms with Crippen LogP contribution in [0.5, 0.6) is 0 Å². The van der Waals surface area contributed by atoms with Gasteiger partial charge in [0.1, 0.15) is 6.04 Å². The second-order valence-corrected chi connectivity index (χ2v) is 10.8. The number of rotatable bonds is 6. The molecule has 1 amide bonds. The van der Waals surface area contributed by atoms with E-state index in [0.717, 1.165) is 73.2 Å². The number of likely N-dealkylation sites (N-methyl/N-ethyl adjacent to an activating group) is 1. The molecule has 2 saturated heterocycles. The molecule has 2 fully saturated rings. The molecular weight excluding hydrogens is 494 g/mol. The molecule has 6 rings (SSSR count). The van der Waals surface area contributed by atoms with Gasteiger partial charge in [0.15, 0.2) is 0 Å². The Bertz CT molecular complexity index is 1360. The number of carbonyl (C=O) groups is 1. The first-order valence-corrected chi connectivity index (χ1v) is 13.8. The van der Waals surface area contributed by atoms with Crippen molar-refractivity contribution in [1.82, 2.24) is 29.8 Å². The molecule has 1 unspecified atom stereocenters. The highest BCUT2D eigenvalue weighted by Gasteiger charge is 2.36. The lowest BCUT2D eigenvalue weighted by atomic mass is 10.0. The number of aromatic amines is 1. The van der Waals surface area contributed by atoms with Crippen molar-refractivity contribution in [1.29, 1.82) is 0 Å². The summed E-state index contributed by atoms with van der Waals surface area (Å²) in [6, 6.07) is 8.18. The molecule has 11 nitrogen and oxygen atoms in total. The van der Waals surface area contributed by atoms with Crippen LogP contribution in [-0.2, 0) is 9.53 Å². The number of likely N-dealkylation sites (tertiary alicyclic amines) is 2. The van der Waals surface area contributed by atoms with Gasteiger partial charge in [-0.15, -0.1) is 5.10 Å². The van der Waals surface area contributed by atoms with Gasteiger partial charge in [-0.25, -0.2) is 9.97 Å². The van der Waals surface area contributed by atoms with Crippen LogP contribution in [0.2, 0.25) is 0 Å². The van der Waals surface area contributed by atoms with Gasteiger partial charge in [0, 0.05) is 36.4 Å². The van der Waals surface area contributed by atoms with Crippen molar-refractivity contribution in [2.24, 2.45) is 5.10 Å². The number of hydrogen-bond donors (Lipinski definition) is 3. The fourth-order valence-corrected chi connectivity index (χ4v) is 6.17. The number of hydrazone groups is 1. The minimum Gasteiger partial charge on any atom is -0.482 e. The maximum absolute atomic E-state index is 13.5. The fourth-order valence-electron chi connectivity index (χ4n) is 6.17. The number of fused-ring (bicyclic) bond motifs is 1. The smallest absolute Gasteiger partial charge is 0.241 e. The molecule has 0 spiro atoms. The van der Waals surface area contributed by atoms with Crippen LogP contribution in [0.15, 0.2) is 41.8 Å². The van der Waals surface area contributed by atoms with Crippen LogP contribution in [-0.4, -0.2) is 107 Å². The monoisotopic (exact) mass is 531 g/mol. The number of para-hydroxylation sites is 1. The van der Waals surface area contributed by atoms with E-state index in [0.29, 0.717) is 24.4 Å². The molecule has 0 radical (unpaired) electrons. The number of nitrogens with zero attached hydrogens (tertiary/aromatic N) is 6. The van der Waals surface area contributed by atoms with Crippen LogP contribution in [0.3, 0.4) is 0 Å². The standard InChI is InChI=1S/C28H37N9O2/c1-35-14-10-18(11-15-35)37-13-5-8-24(37)26(38)31-22-7-4-6-19-20(16-30-25(19)22)21-9-12-29-28(32-21)33-23-17-36(2)34-27(23)39-3/h4,6-7,9,12,16,18,23-24,30H,5,8,10-11,13-15,17H2,1-3H3,(H,31,38)(H,29,32,33)/t23?,24-/m1/s1. The molecular formula is C28H37N9O2. The number of benzene rings is 1. The van der Waals surface area contributed by atoms with Gasteiger partial charge in [0.05, 0.1) is 36.6 Å². The van der Waals surface area contributed by atoms with Gasteiger partial charge in [-0.2, -0.15) is 0 Å². The number of nitrogens with one attached hydrogen (secondary N) is 3. The van der Waals surface area contributed by atoms with Crippen molar-refractivity contribution >= 4 is 34.3 Å². The summed E-state index contributed by atoms with van der Waals surface area (Å²) in [4.78, 5) is 30.9. The number of ether oxygens (including phenoxy) is 1. The second kappa shape index (κ2) is 10.8. The van der Waals surface area contributed by atoms with Crippen molar-refractivity contribution in [2.75, 3.05) is 58.0 Å². The number of H-pyrrole nitrogens is 1. The van der Waals surface area contributed by atoms with Crippen molar-refractivity contribution in [2.45, 2.75) is 43.8 Å². The summed E-state index contributed by atoms with van der Waals surface area (Å²) in [6.45, 7) is 3.86. The molecule has 2 aromatic heterocycles. The number of hydrogen-bond acceptors (Lipinski definition) is 9. The van der Waals surface area contributed by atoms with E-state index in [1.807, 2.05) is 42.5 Å². The third-order valence-corrected chi connectivity index (χ3v) is 8.19. The number of anilines is 2. The van der Waals surface area contributed by atoms with E-state index in [9.17, 15) is 4.79 Å². The van der Waals surface area contributed by atoms with Gasteiger partial charge in [-0.1, -0.05) is 12.1 Å². The Hall–Kier alpha value is -3.70. The van der Waals surface area contributed by atoms with Gasteiger partial charge >= 0.3 is 0 Å².